The zero-order chi connectivity index (χ0) is 6.69. The van der Waals surface area contributed by atoms with Crippen LogP contribution in [-0.4, -0.2) is 32.1 Å². The van der Waals surface area contributed by atoms with Gasteiger partial charge in [0, 0.05) is 13.7 Å². The van der Waals surface area contributed by atoms with Crippen LogP contribution in [0.1, 0.15) is 12.8 Å². The number of nitrogens with zero attached hydrogens (tertiary/aromatic N) is 1. The molecule has 0 saturated carbocycles. The summed E-state index contributed by atoms with van der Waals surface area (Å²) in [5, 5.41) is 1.86. The minimum Gasteiger partial charge on any atom is -0.364 e. The lowest BCUT2D eigenvalue weighted by molar-refractivity contribution is -0.207. The van der Waals surface area contributed by atoms with E-state index in [9.17, 15) is 0 Å². The second-order valence-electron chi connectivity index (χ2n) is 2.16. The van der Waals surface area contributed by atoms with Gasteiger partial charge in [0.05, 0.1) is 7.11 Å². The number of ether oxygens (including phenoxy) is 1. The summed E-state index contributed by atoms with van der Waals surface area (Å²) >= 11 is 0. The normalized spacial score (nSPS) is 26.4. The first-order valence-corrected chi connectivity index (χ1v) is 3.22. The Morgan fingerprint density at radius 2 is 2.10 bits per heavy atom. The van der Waals surface area contributed by atoms with Crippen molar-refractivity contribution in [3.05, 3.63) is 0 Å². The number of halogens is 1. The molecule has 1 fully saturated rings. The van der Waals surface area contributed by atoms with Crippen LogP contribution in [-0.2, 0) is 9.57 Å². The zero-order valence-electron chi connectivity index (χ0n) is 6.37. The minimum atomic E-state index is 0. The Morgan fingerprint density at radius 3 is 2.50 bits per heavy atom. The molecule has 0 bridgehead atoms. The van der Waals surface area contributed by atoms with Crippen LogP contribution in [0.25, 0.3) is 0 Å². The third-order valence-electron chi connectivity index (χ3n) is 1.66. The van der Waals surface area contributed by atoms with E-state index in [2.05, 4.69) is 0 Å². The van der Waals surface area contributed by atoms with E-state index in [1.807, 2.05) is 5.06 Å². The Hall–Kier alpha value is 0.170. The van der Waals surface area contributed by atoms with E-state index in [0.29, 0.717) is 0 Å². The van der Waals surface area contributed by atoms with Gasteiger partial charge in [-0.1, -0.05) is 0 Å². The quantitative estimate of drug-likeness (QED) is 0.614. The van der Waals surface area contributed by atoms with Crippen LogP contribution in [0.15, 0.2) is 0 Å². The Bertz CT molecular complexity index is 81.8. The second-order valence-corrected chi connectivity index (χ2v) is 2.16. The molecule has 0 aliphatic carbocycles. The molecule has 1 rings (SSSR count). The molecule has 0 radical (unpaired) electrons. The molecule has 0 aromatic carbocycles. The Balaban J connectivity index is 0.000000810. The number of hydrogen-bond donors (Lipinski definition) is 0. The van der Waals surface area contributed by atoms with E-state index < -0.39 is 0 Å². The van der Waals surface area contributed by atoms with Gasteiger partial charge in [-0.05, 0) is 12.8 Å². The van der Waals surface area contributed by atoms with Crippen molar-refractivity contribution in [3.8, 4) is 0 Å². The molecule has 62 valence electrons. The molecule has 1 unspecified atom stereocenters. The fourth-order valence-corrected chi connectivity index (χ4v) is 1.15. The van der Waals surface area contributed by atoms with Crippen LogP contribution in [0.3, 0.4) is 0 Å². The summed E-state index contributed by atoms with van der Waals surface area (Å²) in [6.45, 7) is 0.995. The van der Waals surface area contributed by atoms with Crippen LogP contribution in [0.5, 0.6) is 0 Å². The van der Waals surface area contributed by atoms with Gasteiger partial charge in [-0.15, -0.1) is 12.4 Å². The SMILES string of the molecule is COC1CCCN1OC.Cl. The van der Waals surface area contributed by atoms with E-state index >= 15 is 0 Å². The Kier molecular flexibility index (Phi) is 4.99. The summed E-state index contributed by atoms with van der Waals surface area (Å²) in [5.74, 6) is 0. The van der Waals surface area contributed by atoms with Crippen LogP contribution in [0.4, 0.5) is 0 Å². The summed E-state index contributed by atoms with van der Waals surface area (Å²) in [4.78, 5) is 5.02. The lowest BCUT2D eigenvalue weighted by Crippen LogP contribution is -2.29. The minimum absolute atomic E-state index is 0. The first kappa shape index (κ1) is 10.2. The number of hydroxylamine groups is 2. The summed E-state index contributed by atoms with van der Waals surface area (Å²) in [6, 6.07) is 0. The second kappa shape index (κ2) is 4.91. The predicted molar refractivity (Wildman–Crippen MR) is 41.0 cm³/mol. The van der Waals surface area contributed by atoms with Crippen molar-refractivity contribution in [2.45, 2.75) is 19.1 Å². The lowest BCUT2D eigenvalue weighted by atomic mass is 10.4. The molecular formula is C6H14ClNO2. The molecule has 10 heavy (non-hydrogen) atoms. The van der Waals surface area contributed by atoms with Crippen molar-refractivity contribution in [2.75, 3.05) is 20.8 Å². The standard InChI is InChI=1S/C6H13NO2.ClH/c1-8-6-4-3-5-7(6)9-2;/h6H,3-5H2,1-2H3;1H. The van der Waals surface area contributed by atoms with E-state index in [1.54, 1.807) is 14.2 Å². The maximum Gasteiger partial charge on any atom is 0.132 e. The maximum absolute atomic E-state index is 5.12. The van der Waals surface area contributed by atoms with Crippen molar-refractivity contribution < 1.29 is 9.57 Å². The molecule has 0 N–H and O–H groups in total. The molecule has 0 aromatic rings. The fourth-order valence-electron chi connectivity index (χ4n) is 1.15. The van der Waals surface area contributed by atoms with E-state index in [1.165, 1.54) is 6.42 Å². The Labute approximate surface area is 67.7 Å². The van der Waals surface area contributed by atoms with Gasteiger partial charge in [0.1, 0.15) is 6.23 Å². The van der Waals surface area contributed by atoms with Crippen molar-refractivity contribution in [2.24, 2.45) is 0 Å². The van der Waals surface area contributed by atoms with E-state index in [-0.39, 0.29) is 18.6 Å². The van der Waals surface area contributed by atoms with Crippen molar-refractivity contribution in [1.82, 2.24) is 5.06 Å². The summed E-state index contributed by atoms with van der Waals surface area (Å²) < 4.78 is 5.12. The molecule has 1 atom stereocenters. The first-order valence-electron chi connectivity index (χ1n) is 3.22. The van der Waals surface area contributed by atoms with Gasteiger partial charge >= 0.3 is 0 Å². The summed E-state index contributed by atoms with van der Waals surface area (Å²) in [5.41, 5.74) is 0. The average Bonchev–Trinajstić information content (AvgIpc) is 2.33. The molecule has 1 saturated heterocycles. The van der Waals surface area contributed by atoms with Crippen LogP contribution in [0.2, 0.25) is 0 Å². The molecule has 0 aromatic heterocycles. The largest absolute Gasteiger partial charge is 0.364 e. The highest BCUT2D eigenvalue weighted by molar-refractivity contribution is 5.85. The predicted octanol–water partition coefficient (Wildman–Crippen LogP) is 1.04. The lowest BCUT2D eigenvalue weighted by Gasteiger charge is -2.19. The third kappa shape index (κ3) is 2.09. The van der Waals surface area contributed by atoms with Crippen molar-refractivity contribution >= 4 is 12.4 Å². The fraction of sp³-hybridized carbons (Fsp3) is 1.00. The number of rotatable bonds is 2. The maximum atomic E-state index is 5.12. The molecule has 1 heterocycles. The molecule has 0 spiro atoms. The molecule has 1 aliphatic rings. The topological polar surface area (TPSA) is 21.7 Å². The molecular weight excluding hydrogens is 154 g/mol. The number of hydrogen-bond acceptors (Lipinski definition) is 3. The highest BCUT2D eigenvalue weighted by Gasteiger charge is 2.23. The van der Waals surface area contributed by atoms with Gasteiger partial charge in [-0.2, -0.15) is 5.06 Å². The summed E-state index contributed by atoms with van der Waals surface area (Å²) in [6.07, 6.45) is 2.45. The van der Waals surface area contributed by atoms with Crippen molar-refractivity contribution in [1.29, 1.82) is 0 Å². The molecule has 1 aliphatic heterocycles. The van der Waals surface area contributed by atoms with Gasteiger partial charge in [0.2, 0.25) is 0 Å². The van der Waals surface area contributed by atoms with Crippen LogP contribution in [0, 0.1) is 0 Å². The highest BCUT2D eigenvalue weighted by Crippen LogP contribution is 2.16. The third-order valence-corrected chi connectivity index (χ3v) is 1.66. The van der Waals surface area contributed by atoms with Crippen molar-refractivity contribution in [3.63, 3.8) is 0 Å². The Morgan fingerprint density at radius 1 is 1.40 bits per heavy atom. The average molecular weight is 168 g/mol. The van der Waals surface area contributed by atoms with Gasteiger partial charge in [-0.3, -0.25) is 4.84 Å². The smallest absolute Gasteiger partial charge is 0.132 e. The van der Waals surface area contributed by atoms with Gasteiger partial charge in [0.15, 0.2) is 0 Å². The summed E-state index contributed by atoms with van der Waals surface area (Å²) in [7, 11) is 3.39. The molecule has 3 nitrogen and oxygen atoms in total. The molecule has 0 amide bonds. The monoisotopic (exact) mass is 167 g/mol. The number of methoxy groups -OCH3 is 1. The van der Waals surface area contributed by atoms with E-state index in [4.69, 9.17) is 9.57 Å². The van der Waals surface area contributed by atoms with Crippen LogP contribution < -0.4 is 0 Å². The van der Waals surface area contributed by atoms with E-state index in [0.717, 1.165) is 13.0 Å². The van der Waals surface area contributed by atoms with Gasteiger partial charge < -0.3 is 4.74 Å². The van der Waals surface area contributed by atoms with Crippen LogP contribution >= 0.6 is 12.4 Å². The first-order chi connectivity index (χ1) is 4.38. The highest BCUT2D eigenvalue weighted by atomic mass is 35.5. The van der Waals surface area contributed by atoms with Gasteiger partial charge in [0.25, 0.3) is 0 Å². The molecule has 4 heteroatoms. The van der Waals surface area contributed by atoms with Gasteiger partial charge in [-0.25, -0.2) is 0 Å². The zero-order valence-corrected chi connectivity index (χ0v) is 7.19.